The molecule has 2 aliphatic rings. The first kappa shape index (κ1) is 15.4. The average molecular weight is 298 g/mol. The van der Waals surface area contributed by atoms with E-state index in [2.05, 4.69) is 24.0 Å². The predicted molar refractivity (Wildman–Crippen MR) is 91.0 cm³/mol. The van der Waals surface area contributed by atoms with Gasteiger partial charge in [-0.3, -0.25) is 4.99 Å². The Morgan fingerprint density at radius 1 is 1.18 bits per heavy atom. The summed E-state index contributed by atoms with van der Waals surface area (Å²) < 4.78 is 0. The van der Waals surface area contributed by atoms with Crippen LogP contribution in [0.5, 0.6) is 0 Å². The molecule has 1 N–H and O–H groups in total. The van der Waals surface area contributed by atoms with Crippen molar-refractivity contribution in [2.24, 2.45) is 10.9 Å². The molecule has 0 unspecified atom stereocenters. The molecule has 0 aromatic heterocycles. The number of aliphatic imine (C=N–C) groups is 1. The van der Waals surface area contributed by atoms with Crippen LogP contribution in [0, 0.1) is 5.92 Å². The molecule has 1 fully saturated rings. The number of benzene rings is 1. The van der Waals surface area contributed by atoms with Gasteiger partial charge in [0.25, 0.3) is 0 Å². The van der Waals surface area contributed by atoms with E-state index >= 15 is 0 Å². The lowest BCUT2D eigenvalue weighted by atomic mass is 9.75. The van der Waals surface area contributed by atoms with E-state index < -0.39 is 5.60 Å². The summed E-state index contributed by atoms with van der Waals surface area (Å²) in [7, 11) is 4.14. The Morgan fingerprint density at radius 2 is 1.86 bits per heavy atom. The number of rotatable bonds is 5. The van der Waals surface area contributed by atoms with E-state index in [0.29, 0.717) is 5.92 Å². The first-order valence-electron chi connectivity index (χ1n) is 8.28. The van der Waals surface area contributed by atoms with Gasteiger partial charge in [-0.05, 0) is 44.0 Å². The van der Waals surface area contributed by atoms with Crippen LogP contribution >= 0.6 is 0 Å². The minimum absolute atomic E-state index is 0.292. The Bertz CT molecular complexity index is 570. The zero-order chi connectivity index (χ0) is 15.6. The van der Waals surface area contributed by atoms with E-state index in [9.17, 15) is 5.11 Å². The Labute approximate surface area is 133 Å². The van der Waals surface area contributed by atoms with E-state index in [4.69, 9.17) is 0 Å². The lowest BCUT2D eigenvalue weighted by Gasteiger charge is -2.35. The van der Waals surface area contributed by atoms with Gasteiger partial charge in [0.05, 0.1) is 5.71 Å². The summed E-state index contributed by atoms with van der Waals surface area (Å²) in [6.07, 6.45) is 7.36. The largest absolute Gasteiger partial charge is 0.379 e. The van der Waals surface area contributed by atoms with E-state index in [0.717, 1.165) is 37.1 Å². The second-order valence-electron chi connectivity index (χ2n) is 6.89. The summed E-state index contributed by atoms with van der Waals surface area (Å²) in [5.41, 5.74) is 2.32. The molecule has 1 atom stereocenters. The fourth-order valence-corrected chi connectivity index (χ4v) is 3.89. The van der Waals surface area contributed by atoms with Crippen molar-refractivity contribution in [3.05, 3.63) is 47.7 Å². The summed E-state index contributed by atoms with van der Waals surface area (Å²) in [5.74, 6) is 0.292. The molecular weight excluding hydrogens is 272 g/mol. The molecule has 1 heterocycles. The topological polar surface area (TPSA) is 35.8 Å². The second kappa shape index (κ2) is 6.35. The smallest absolute Gasteiger partial charge is 0.131 e. The summed E-state index contributed by atoms with van der Waals surface area (Å²) in [6.45, 7) is 0.905. The van der Waals surface area contributed by atoms with Gasteiger partial charge in [-0.25, -0.2) is 0 Å². The average Bonchev–Trinajstić information content (AvgIpc) is 3.18. The van der Waals surface area contributed by atoms with Crippen LogP contribution in [0.25, 0.3) is 0 Å². The van der Waals surface area contributed by atoms with Gasteiger partial charge in [-0.1, -0.05) is 43.2 Å². The van der Waals surface area contributed by atoms with Gasteiger partial charge in [-0.2, -0.15) is 0 Å². The Kier molecular flexibility index (Phi) is 4.46. The Hall–Kier alpha value is -1.45. The monoisotopic (exact) mass is 298 g/mol. The quantitative estimate of drug-likeness (QED) is 0.905. The van der Waals surface area contributed by atoms with Gasteiger partial charge in [0.2, 0.25) is 0 Å². The normalized spacial score (nSPS) is 21.8. The summed E-state index contributed by atoms with van der Waals surface area (Å²) in [6, 6.07) is 10.1. The van der Waals surface area contributed by atoms with Crippen LogP contribution in [0.15, 0.2) is 47.1 Å². The van der Waals surface area contributed by atoms with Crippen molar-refractivity contribution in [1.82, 2.24) is 4.90 Å². The van der Waals surface area contributed by atoms with Gasteiger partial charge in [0.15, 0.2) is 0 Å². The highest BCUT2D eigenvalue weighted by atomic mass is 16.3. The number of aliphatic hydroxyl groups is 1. The second-order valence-corrected chi connectivity index (χ2v) is 6.89. The SMILES string of the molecule is CN(C)CC1=CN=C([C@@](O)(c2ccccc2)C2CCCC2)C1. The lowest BCUT2D eigenvalue weighted by molar-refractivity contribution is 0.0461. The third kappa shape index (κ3) is 2.88. The van der Waals surface area contributed by atoms with Crippen LogP contribution in [0.2, 0.25) is 0 Å². The number of nitrogens with zero attached hydrogens (tertiary/aromatic N) is 2. The molecule has 3 heteroatoms. The fourth-order valence-electron chi connectivity index (χ4n) is 3.89. The molecular formula is C19H26N2O. The molecule has 118 valence electrons. The maximum atomic E-state index is 11.7. The molecule has 0 bridgehead atoms. The molecule has 3 rings (SSSR count). The number of hydrogen-bond acceptors (Lipinski definition) is 3. The molecule has 0 amide bonds. The molecule has 1 aromatic carbocycles. The van der Waals surface area contributed by atoms with E-state index in [-0.39, 0.29) is 0 Å². The molecule has 1 saturated carbocycles. The van der Waals surface area contributed by atoms with E-state index in [1.165, 1.54) is 18.4 Å². The Morgan fingerprint density at radius 3 is 2.50 bits per heavy atom. The highest BCUT2D eigenvalue weighted by molar-refractivity contribution is 5.97. The minimum Gasteiger partial charge on any atom is -0.379 e. The lowest BCUT2D eigenvalue weighted by Crippen LogP contribution is -2.42. The van der Waals surface area contributed by atoms with Crippen molar-refractivity contribution in [2.45, 2.75) is 37.7 Å². The van der Waals surface area contributed by atoms with Crippen LogP contribution < -0.4 is 0 Å². The summed E-state index contributed by atoms with van der Waals surface area (Å²) in [4.78, 5) is 6.80. The molecule has 0 saturated heterocycles. The molecule has 1 aromatic rings. The van der Waals surface area contributed by atoms with E-state index in [1.807, 2.05) is 36.5 Å². The maximum absolute atomic E-state index is 11.7. The zero-order valence-corrected chi connectivity index (χ0v) is 13.6. The third-order valence-corrected chi connectivity index (χ3v) is 4.92. The molecule has 1 aliphatic carbocycles. The molecule has 3 nitrogen and oxygen atoms in total. The maximum Gasteiger partial charge on any atom is 0.131 e. The highest BCUT2D eigenvalue weighted by Crippen LogP contribution is 2.43. The first-order valence-corrected chi connectivity index (χ1v) is 8.28. The van der Waals surface area contributed by atoms with Gasteiger partial charge in [0.1, 0.15) is 5.60 Å². The van der Waals surface area contributed by atoms with Crippen molar-refractivity contribution < 1.29 is 5.11 Å². The van der Waals surface area contributed by atoms with Crippen molar-refractivity contribution in [1.29, 1.82) is 0 Å². The van der Waals surface area contributed by atoms with Crippen molar-refractivity contribution in [3.63, 3.8) is 0 Å². The van der Waals surface area contributed by atoms with Gasteiger partial charge < -0.3 is 10.0 Å². The molecule has 0 spiro atoms. The summed E-state index contributed by atoms with van der Waals surface area (Å²) in [5, 5.41) is 11.7. The van der Waals surface area contributed by atoms with Crippen molar-refractivity contribution >= 4 is 5.71 Å². The standard InChI is InChI=1S/C19H26N2O/c1-21(2)14-15-12-18(20-13-15)19(22,17-10-6-7-11-17)16-8-4-3-5-9-16/h3-5,8-9,13,17,22H,6-7,10-12,14H2,1-2H3/t19-/m1/s1. The van der Waals surface area contributed by atoms with Crippen LogP contribution in [0.1, 0.15) is 37.7 Å². The van der Waals surface area contributed by atoms with Gasteiger partial charge in [0, 0.05) is 19.2 Å². The van der Waals surface area contributed by atoms with Crippen LogP contribution in [-0.2, 0) is 5.60 Å². The zero-order valence-electron chi connectivity index (χ0n) is 13.6. The number of likely N-dealkylation sites (N-methyl/N-ethyl adjacent to an activating group) is 1. The first-order chi connectivity index (χ1) is 10.6. The Balaban J connectivity index is 1.88. The van der Waals surface area contributed by atoms with Crippen molar-refractivity contribution in [2.75, 3.05) is 20.6 Å². The van der Waals surface area contributed by atoms with Gasteiger partial charge >= 0.3 is 0 Å². The highest BCUT2D eigenvalue weighted by Gasteiger charge is 2.44. The molecule has 0 radical (unpaired) electrons. The fraction of sp³-hybridized carbons (Fsp3) is 0.526. The van der Waals surface area contributed by atoms with E-state index in [1.54, 1.807) is 0 Å². The van der Waals surface area contributed by atoms with Crippen LogP contribution in [0.3, 0.4) is 0 Å². The minimum atomic E-state index is -0.900. The molecule has 1 aliphatic heterocycles. The molecule has 22 heavy (non-hydrogen) atoms. The van der Waals surface area contributed by atoms with Gasteiger partial charge in [-0.15, -0.1) is 0 Å². The number of hydrogen-bond donors (Lipinski definition) is 1. The van der Waals surface area contributed by atoms with Crippen LogP contribution in [0.4, 0.5) is 0 Å². The predicted octanol–water partition coefficient (Wildman–Crippen LogP) is 3.35. The van der Waals surface area contributed by atoms with Crippen molar-refractivity contribution in [3.8, 4) is 0 Å². The summed E-state index contributed by atoms with van der Waals surface area (Å²) >= 11 is 0. The third-order valence-electron chi connectivity index (χ3n) is 4.92. The van der Waals surface area contributed by atoms with Crippen LogP contribution in [-0.4, -0.2) is 36.4 Å².